The van der Waals surface area contributed by atoms with Crippen molar-refractivity contribution in [1.82, 2.24) is 19.8 Å². The molecule has 0 aliphatic heterocycles. The number of aromatic amines is 1. The van der Waals surface area contributed by atoms with Crippen LogP contribution in [-0.2, 0) is 0 Å². The summed E-state index contributed by atoms with van der Waals surface area (Å²) in [6.07, 6.45) is 11.0. The molecule has 3 heterocycles. The highest BCUT2D eigenvalue weighted by Gasteiger charge is 2.16. The molecule has 1 saturated carbocycles. The molecule has 172 valence electrons. The van der Waals surface area contributed by atoms with Gasteiger partial charge in [-0.1, -0.05) is 31.0 Å². The van der Waals surface area contributed by atoms with E-state index < -0.39 is 5.82 Å². The fourth-order valence-electron chi connectivity index (χ4n) is 3.91. The maximum absolute atomic E-state index is 13.5. The van der Waals surface area contributed by atoms with Crippen LogP contribution in [0.25, 0.3) is 16.6 Å². The van der Waals surface area contributed by atoms with Crippen LogP contribution in [0.1, 0.15) is 48.9 Å². The van der Waals surface area contributed by atoms with Gasteiger partial charge in [0.2, 0.25) is 0 Å². The summed E-state index contributed by atoms with van der Waals surface area (Å²) < 4.78 is 15.1. The normalized spacial score (nSPS) is 13.7. The number of hydrogen-bond donors (Lipinski definition) is 2. The first-order chi connectivity index (χ1) is 16.5. The van der Waals surface area contributed by atoms with Gasteiger partial charge in [0, 0.05) is 32.8 Å². The molecule has 1 aromatic carbocycles. The Labute approximate surface area is 200 Å². The van der Waals surface area contributed by atoms with E-state index in [4.69, 9.17) is 5.11 Å². The van der Waals surface area contributed by atoms with Crippen molar-refractivity contribution in [2.45, 2.75) is 54.9 Å². The third kappa shape index (κ3) is 5.12. The maximum atomic E-state index is 13.5. The molecule has 0 atom stereocenters. The van der Waals surface area contributed by atoms with Gasteiger partial charge in [-0.2, -0.15) is 20.7 Å². The van der Waals surface area contributed by atoms with Crippen LogP contribution in [0.2, 0.25) is 0 Å². The summed E-state index contributed by atoms with van der Waals surface area (Å²) in [6, 6.07) is 10.1. The number of nitrogens with zero attached hydrogens (tertiary/aromatic N) is 5. The van der Waals surface area contributed by atoms with Crippen molar-refractivity contribution in [3.05, 3.63) is 65.5 Å². The van der Waals surface area contributed by atoms with Crippen molar-refractivity contribution in [3.8, 4) is 23.3 Å². The molecule has 5 rings (SSSR count). The topological polar surface area (TPSA) is 114 Å². The van der Waals surface area contributed by atoms with Crippen LogP contribution in [0.4, 0.5) is 4.39 Å². The van der Waals surface area contributed by atoms with E-state index in [-0.39, 0.29) is 11.7 Å². The average Bonchev–Trinajstić information content (AvgIpc) is 3.47. The number of aromatic nitrogens is 4. The number of pyridine rings is 1. The van der Waals surface area contributed by atoms with E-state index in [1.165, 1.54) is 49.4 Å². The van der Waals surface area contributed by atoms with Gasteiger partial charge in [0.05, 0.1) is 35.1 Å². The van der Waals surface area contributed by atoms with Gasteiger partial charge >= 0.3 is 0 Å². The number of H-pyrrole nitrogens is 1. The van der Waals surface area contributed by atoms with Crippen molar-refractivity contribution >= 4 is 17.3 Å². The molecule has 2 N–H and O–H groups in total. The second-order valence-corrected chi connectivity index (χ2v) is 9.19. The van der Waals surface area contributed by atoms with Crippen molar-refractivity contribution in [1.29, 1.82) is 10.5 Å². The first-order valence-electron chi connectivity index (χ1n) is 11.0. The molecule has 7 nitrogen and oxygen atoms in total. The van der Waals surface area contributed by atoms with Gasteiger partial charge in [-0.3, -0.25) is 5.10 Å². The zero-order chi connectivity index (χ0) is 24.1. The van der Waals surface area contributed by atoms with Crippen LogP contribution in [0.3, 0.4) is 0 Å². The summed E-state index contributed by atoms with van der Waals surface area (Å²) in [4.78, 5) is 1.34. The molecule has 4 aromatic rings. The third-order valence-electron chi connectivity index (χ3n) is 5.69. The van der Waals surface area contributed by atoms with Gasteiger partial charge in [-0.05, 0) is 44.0 Å². The van der Waals surface area contributed by atoms with E-state index >= 15 is 0 Å². The molecule has 0 amide bonds. The SMILES string of the molecule is Cc1[nH]ncc1-c1cc(Sc2ccc(F)cc2C#N)c2c(C#N)cnn2c1.OC1CCCCC1. The molecule has 0 spiro atoms. The molecule has 0 unspecified atom stereocenters. The number of aliphatic hydroxyl groups excluding tert-OH is 1. The number of rotatable bonds is 3. The fraction of sp³-hybridized carbons (Fsp3) is 0.280. The second kappa shape index (κ2) is 10.5. The number of aryl methyl sites for hydroxylation is 1. The first kappa shape index (κ1) is 23.5. The quantitative estimate of drug-likeness (QED) is 0.412. The minimum absolute atomic E-state index is 0.0359. The van der Waals surface area contributed by atoms with E-state index in [2.05, 4.69) is 21.4 Å². The summed E-state index contributed by atoms with van der Waals surface area (Å²) >= 11 is 1.30. The van der Waals surface area contributed by atoms with Gasteiger partial charge in [0.1, 0.15) is 18.0 Å². The Morgan fingerprint density at radius 3 is 2.47 bits per heavy atom. The van der Waals surface area contributed by atoms with Gasteiger partial charge < -0.3 is 5.11 Å². The highest BCUT2D eigenvalue weighted by Crippen LogP contribution is 2.37. The van der Waals surface area contributed by atoms with Crippen molar-refractivity contribution < 1.29 is 9.50 Å². The molecule has 0 bridgehead atoms. The van der Waals surface area contributed by atoms with Crippen LogP contribution in [0.15, 0.2) is 52.6 Å². The number of aliphatic hydroxyl groups is 1. The Balaban J connectivity index is 0.000000336. The summed E-state index contributed by atoms with van der Waals surface area (Å²) in [5.41, 5.74) is 3.98. The third-order valence-corrected chi connectivity index (χ3v) is 6.80. The lowest BCUT2D eigenvalue weighted by atomic mass is 9.98. The summed E-state index contributed by atoms with van der Waals surface area (Å²) in [7, 11) is 0. The molecular weight excluding hydrogens is 451 g/mol. The number of nitrogens with one attached hydrogen (secondary N) is 1. The number of nitriles is 2. The lowest BCUT2D eigenvalue weighted by Crippen LogP contribution is -2.09. The van der Waals surface area contributed by atoms with E-state index in [0.29, 0.717) is 16.0 Å². The molecule has 1 aliphatic rings. The van der Waals surface area contributed by atoms with Gasteiger partial charge in [0.25, 0.3) is 0 Å². The molecular formula is C25H23FN6OS. The average molecular weight is 475 g/mol. The Morgan fingerprint density at radius 2 is 1.85 bits per heavy atom. The number of benzene rings is 1. The van der Waals surface area contributed by atoms with Gasteiger partial charge in [-0.25, -0.2) is 8.91 Å². The van der Waals surface area contributed by atoms with E-state index in [0.717, 1.165) is 34.6 Å². The van der Waals surface area contributed by atoms with Crippen LogP contribution >= 0.6 is 11.8 Å². The summed E-state index contributed by atoms with van der Waals surface area (Å²) in [5, 5.41) is 38.9. The Bertz CT molecular complexity index is 1390. The standard InChI is InChI=1S/C19H11FN6S.C6H12O/c1-11-16(9-23-25-11)13-5-18(19-14(7-22)8-24-26(19)10-13)27-17-3-2-15(20)4-12(17)6-21;7-6-4-2-1-3-5-6/h2-5,8-10H,1H3,(H,23,25);6-7H,1-5H2. The van der Waals surface area contributed by atoms with Crippen molar-refractivity contribution in [2.75, 3.05) is 0 Å². The Hall–Kier alpha value is -3.66. The van der Waals surface area contributed by atoms with Crippen LogP contribution in [-0.4, -0.2) is 31.0 Å². The zero-order valence-electron chi connectivity index (χ0n) is 18.6. The smallest absolute Gasteiger partial charge is 0.124 e. The van der Waals surface area contributed by atoms with E-state index in [1.807, 2.05) is 25.3 Å². The fourth-order valence-corrected chi connectivity index (χ4v) is 4.98. The highest BCUT2D eigenvalue weighted by atomic mass is 32.2. The van der Waals surface area contributed by atoms with E-state index in [1.54, 1.807) is 16.8 Å². The van der Waals surface area contributed by atoms with Crippen molar-refractivity contribution in [3.63, 3.8) is 0 Å². The molecule has 0 radical (unpaired) electrons. The minimum Gasteiger partial charge on any atom is -0.393 e. The molecule has 0 saturated heterocycles. The molecule has 1 fully saturated rings. The van der Waals surface area contributed by atoms with Gasteiger partial charge in [-0.15, -0.1) is 0 Å². The molecule has 9 heteroatoms. The predicted molar refractivity (Wildman–Crippen MR) is 127 cm³/mol. The number of hydrogen-bond acceptors (Lipinski definition) is 6. The van der Waals surface area contributed by atoms with Crippen molar-refractivity contribution in [2.24, 2.45) is 0 Å². The van der Waals surface area contributed by atoms with Crippen LogP contribution in [0, 0.1) is 35.4 Å². The zero-order valence-corrected chi connectivity index (χ0v) is 19.4. The molecule has 3 aromatic heterocycles. The van der Waals surface area contributed by atoms with Crippen LogP contribution < -0.4 is 0 Å². The lowest BCUT2D eigenvalue weighted by molar-refractivity contribution is 0.130. The Morgan fingerprint density at radius 1 is 1.09 bits per heavy atom. The van der Waals surface area contributed by atoms with Crippen LogP contribution in [0.5, 0.6) is 0 Å². The highest BCUT2D eigenvalue weighted by molar-refractivity contribution is 7.99. The largest absolute Gasteiger partial charge is 0.393 e. The summed E-state index contributed by atoms with van der Waals surface area (Å²) in [5.74, 6) is -0.467. The number of fused-ring (bicyclic) bond motifs is 1. The second-order valence-electron chi connectivity index (χ2n) is 8.11. The lowest BCUT2D eigenvalue weighted by Gasteiger charge is -2.14. The minimum atomic E-state index is -0.467. The first-order valence-corrected chi connectivity index (χ1v) is 11.8. The number of halogens is 1. The summed E-state index contributed by atoms with van der Waals surface area (Å²) in [6.45, 7) is 1.91. The Kier molecular flexibility index (Phi) is 7.27. The van der Waals surface area contributed by atoms with E-state index in [9.17, 15) is 14.9 Å². The maximum Gasteiger partial charge on any atom is 0.124 e. The monoisotopic (exact) mass is 474 g/mol. The predicted octanol–water partition coefficient (Wildman–Crippen LogP) is 5.38. The van der Waals surface area contributed by atoms with Gasteiger partial charge in [0.15, 0.2) is 0 Å². The molecule has 34 heavy (non-hydrogen) atoms. The molecule has 1 aliphatic carbocycles.